The van der Waals surface area contributed by atoms with Crippen molar-refractivity contribution in [1.82, 2.24) is 5.16 Å². The van der Waals surface area contributed by atoms with E-state index in [-0.39, 0.29) is 10.2 Å². The summed E-state index contributed by atoms with van der Waals surface area (Å²) in [6.07, 6.45) is 0. The second-order valence-electron chi connectivity index (χ2n) is 7.28. The molecule has 0 atom stereocenters. The number of benzene rings is 2. The van der Waals surface area contributed by atoms with E-state index in [4.69, 9.17) is 4.52 Å². The van der Waals surface area contributed by atoms with Crippen molar-refractivity contribution in [1.29, 1.82) is 0 Å². The third-order valence-corrected chi connectivity index (χ3v) is 8.35. The molecule has 10 heteroatoms. The van der Waals surface area contributed by atoms with Gasteiger partial charge in [0, 0.05) is 23.3 Å². The minimum atomic E-state index is -3.76. The number of urea groups is 1. The molecule has 0 aliphatic heterocycles. The van der Waals surface area contributed by atoms with E-state index < -0.39 is 10.0 Å². The number of para-hydroxylation sites is 1. The molecule has 0 saturated carbocycles. The Hall–Kier alpha value is -3.63. The van der Waals surface area contributed by atoms with Crippen molar-refractivity contribution in [3.8, 4) is 10.4 Å². The summed E-state index contributed by atoms with van der Waals surface area (Å²) in [6.45, 7) is 3.62. The molecule has 2 aromatic carbocycles. The molecule has 0 fully saturated rings. The van der Waals surface area contributed by atoms with E-state index in [1.165, 1.54) is 22.7 Å². The van der Waals surface area contributed by atoms with Gasteiger partial charge in [-0.2, -0.15) is 0 Å². The first-order chi connectivity index (χ1) is 15.8. The van der Waals surface area contributed by atoms with E-state index in [2.05, 4.69) is 15.8 Å². The lowest BCUT2D eigenvalue weighted by Gasteiger charge is -2.19. The molecule has 0 bridgehead atoms. The number of aryl methyl sites for hydroxylation is 2. The number of thiophene rings is 1. The zero-order valence-corrected chi connectivity index (χ0v) is 19.8. The predicted octanol–water partition coefficient (Wildman–Crippen LogP) is 5.49. The molecule has 2 heterocycles. The van der Waals surface area contributed by atoms with Crippen LogP contribution >= 0.6 is 11.3 Å². The zero-order chi connectivity index (χ0) is 23.6. The molecule has 170 valence electrons. The normalized spacial score (nSPS) is 11.2. The standard InChI is InChI=1S/C23H22N4O4S2/c1-15-22(16(2)31-26-15)20-13-14-21(32-20)33(29,30)27(3)19-11-9-18(10-12-19)25-23(28)24-17-7-5-4-6-8-17/h4-14H,1-3H3,(H2,24,25,28). The molecule has 33 heavy (non-hydrogen) atoms. The minimum absolute atomic E-state index is 0.212. The first-order valence-corrected chi connectivity index (χ1v) is 12.3. The predicted molar refractivity (Wildman–Crippen MR) is 130 cm³/mol. The number of aromatic nitrogens is 1. The Labute approximate surface area is 195 Å². The molecule has 4 rings (SSSR count). The van der Waals surface area contributed by atoms with Gasteiger partial charge in [0.1, 0.15) is 9.97 Å². The fourth-order valence-corrected chi connectivity index (χ4v) is 6.09. The Morgan fingerprint density at radius 1 is 0.939 bits per heavy atom. The number of sulfonamides is 1. The molecule has 8 nitrogen and oxygen atoms in total. The second kappa shape index (κ2) is 9.08. The maximum atomic E-state index is 13.2. The summed E-state index contributed by atoms with van der Waals surface area (Å²) in [6, 6.07) is 18.6. The van der Waals surface area contributed by atoms with Gasteiger partial charge < -0.3 is 15.2 Å². The van der Waals surface area contributed by atoms with E-state index in [0.717, 1.165) is 10.4 Å². The van der Waals surface area contributed by atoms with E-state index >= 15 is 0 Å². The molecule has 0 saturated heterocycles. The summed E-state index contributed by atoms with van der Waals surface area (Å²) in [5, 5.41) is 9.39. The second-order valence-corrected chi connectivity index (χ2v) is 10.6. The monoisotopic (exact) mass is 482 g/mol. The van der Waals surface area contributed by atoms with Crippen LogP contribution in [0, 0.1) is 13.8 Å². The maximum absolute atomic E-state index is 13.2. The molecule has 0 aliphatic carbocycles. The summed E-state index contributed by atoms with van der Waals surface area (Å²) < 4.78 is 33.0. The fraction of sp³-hybridized carbons (Fsp3) is 0.130. The van der Waals surface area contributed by atoms with Crippen LogP contribution in [0.5, 0.6) is 0 Å². The maximum Gasteiger partial charge on any atom is 0.323 e. The van der Waals surface area contributed by atoms with Crippen LogP contribution in [0.3, 0.4) is 0 Å². The number of amides is 2. The van der Waals surface area contributed by atoms with E-state index in [1.54, 1.807) is 55.5 Å². The topological polar surface area (TPSA) is 105 Å². The lowest BCUT2D eigenvalue weighted by molar-refractivity contribution is 0.262. The lowest BCUT2D eigenvalue weighted by Crippen LogP contribution is -2.25. The number of anilines is 3. The number of carbonyl (C=O) groups is 1. The first kappa shape index (κ1) is 22.6. The van der Waals surface area contributed by atoms with Gasteiger partial charge >= 0.3 is 6.03 Å². The van der Waals surface area contributed by atoms with Crippen LogP contribution in [-0.2, 0) is 10.0 Å². The van der Waals surface area contributed by atoms with Crippen molar-refractivity contribution in [3.63, 3.8) is 0 Å². The highest BCUT2D eigenvalue weighted by atomic mass is 32.2. The van der Waals surface area contributed by atoms with E-state index in [0.29, 0.717) is 28.5 Å². The average Bonchev–Trinajstić information content (AvgIpc) is 3.41. The van der Waals surface area contributed by atoms with E-state index in [1.807, 2.05) is 25.1 Å². The van der Waals surface area contributed by atoms with Gasteiger partial charge in [-0.25, -0.2) is 13.2 Å². The number of carbonyl (C=O) groups excluding carboxylic acids is 1. The van der Waals surface area contributed by atoms with Crippen molar-refractivity contribution in [2.24, 2.45) is 0 Å². The van der Waals surface area contributed by atoms with Crippen molar-refractivity contribution < 1.29 is 17.7 Å². The highest BCUT2D eigenvalue weighted by Gasteiger charge is 2.25. The van der Waals surface area contributed by atoms with Crippen LogP contribution in [0.15, 0.2) is 75.5 Å². The quantitative estimate of drug-likeness (QED) is 0.378. The van der Waals surface area contributed by atoms with Gasteiger partial charge in [-0.15, -0.1) is 11.3 Å². The van der Waals surface area contributed by atoms with Crippen LogP contribution in [0.1, 0.15) is 11.5 Å². The Balaban J connectivity index is 1.47. The molecule has 0 radical (unpaired) electrons. The molecule has 2 aromatic heterocycles. The molecule has 0 unspecified atom stereocenters. The van der Waals surface area contributed by atoms with Crippen LogP contribution < -0.4 is 14.9 Å². The molecule has 0 spiro atoms. The number of hydrogen-bond acceptors (Lipinski definition) is 6. The zero-order valence-electron chi connectivity index (χ0n) is 18.2. The van der Waals surface area contributed by atoms with E-state index in [9.17, 15) is 13.2 Å². The Kier molecular flexibility index (Phi) is 6.21. The summed E-state index contributed by atoms with van der Waals surface area (Å²) in [5.74, 6) is 0.644. The number of nitrogens with one attached hydrogen (secondary N) is 2. The lowest BCUT2D eigenvalue weighted by atomic mass is 10.2. The number of rotatable bonds is 6. The third kappa shape index (κ3) is 4.76. The highest BCUT2D eigenvalue weighted by molar-refractivity contribution is 7.94. The Morgan fingerprint density at radius 2 is 1.58 bits per heavy atom. The van der Waals surface area contributed by atoms with Crippen molar-refractivity contribution in [3.05, 3.63) is 78.2 Å². The van der Waals surface area contributed by atoms with Crippen LogP contribution in [-0.4, -0.2) is 26.7 Å². The van der Waals surface area contributed by atoms with Crippen LogP contribution in [0.4, 0.5) is 21.9 Å². The molecule has 0 aliphatic rings. The third-order valence-electron chi connectivity index (χ3n) is 5.00. The molecule has 2 N–H and O–H groups in total. The van der Waals surface area contributed by atoms with Crippen molar-refractivity contribution in [2.75, 3.05) is 22.0 Å². The average molecular weight is 483 g/mol. The number of nitrogens with zero attached hydrogens (tertiary/aromatic N) is 2. The largest absolute Gasteiger partial charge is 0.361 e. The van der Waals surface area contributed by atoms with Gasteiger partial charge in [-0.05, 0) is 62.4 Å². The van der Waals surface area contributed by atoms with Crippen molar-refractivity contribution in [2.45, 2.75) is 18.1 Å². The molecule has 2 amide bonds. The fourth-order valence-electron chi connectivity index (χ4n) is 3.27. The summed E-state index contributed by atoms with van der Waals surface area (Å²) >= 11 is 1.17. The van der Waals surface area contributed by atoms with Gasteiger partial charge in [-0.1, -0.05) is 23.4 Å². The highest BCUT2D eigenvalue weighted by Crippen LogP contribution is 2.36. The summed E-state index contributed by atoms with van der Waals surface area (Å²) in [4.78, 5) is 12.9. The van der Waals surface area contributed by atoms with Gasteiger partial charge in [0.05, 0.1) is 16.9 Å². The molecule has 4 aromatic rings. The SMILES string of the molecule is Cc1noc(C)c1-c1ccc(S(=O)(=O)N(C)c2ccc(NC(=O)Nc3ccccc3)cc2)s1. The first-order valence-electron chi connectivity index (χ1n) is 10.0. The summed E-state index contributed by atoms with van der Waals surface area (Å²) in [7, 11) is -2.27. The summed E-state index contributed by atoms with van der Waals surface area (Å²) in [5.41, 5.74) is 3.20. The van der Waals surface area contributed by atoms with Gasteiger partial charge in [0.15, 0.2) is 0 Å². The van der Waals surface area contributed by atoms with Gasteiger partial charge in [0.2, 0.25) is 0 Å². The van der Waals surface area contributed by atoms with Crippen LogP contribution in [0.2, 0.25) is 0 Å². The molecular weight excluding hydrogens is 460 g/mol. The van der Waals surface area contributed by atoms with Crippen LogP contribution in [0.25, 0.3) is 10.4 Å². The minimum Gasteiger partial charge on any atom is -0.361 e. The molecular formula is C23H22N4O4S2. The van der Waals surface area contributed by atoms with Gasteiger partial charge in [-0.3, -0.25) is 4.31 Å². The van der Waals surface area contributed by atoms with Gasteiger partial charge in [0.25, 0.3) is 10.0 Å². The van der Waals surface area contributed by atoms with Crippen molar-refractivity contribution >= 4 is 44.5 Å². The Bertz CT molecular complexity index is 1360. The Morgan fingerprint density at radius 3 is 2.18 bits per heavy atom. The number of hydrogen-bond donors (Lipinski definition) is 2. The smallest absolute Gasteiger partial charge is 0.323 e.